The third kappa shape index (κ3) is 2.65. The van der Waals surface area contributed by atoms with Gasteiger partial charge in [-0.2, -0.15) is 4.98 Å². The zero-order chi connectivity index (χ0) is 17.0. The summed E-state index contributed by atoms with van der Waals surface area (Å²) in [5, 5.41) is 0.814. The van der Waals surface area contributed by atoms with Gasteiger partial charge in [0.25, 0.3) is 5.56 Å². The molecule has 6 nitrogen and oxygen atoms in total. The highest BCUT2D eigenvalue weighted by Gasteiger charge is 2.54. The van der Waals surface area contributed by atoms with Crippen molar-refractivity contribution in [1.82, 2.24) is 9.97 Å². The number of hydrogen-bond donors (Lipinski definition) is 3. The standard InChI is InChI=1S/C15H15Cl2N5OS/c16-8-2-1-3-9(10(8)17)24-12-13(19)20-15(21-14(12)23)22-4-6-7(5-22)11(6)18/h1-3,6-7,11H,4-5,18H2,(H3,19,20,21,23). The number of H-pyrrole nitrogens is 1. The summed E-state index contributed by atoms with van der Waals surface area (Å²) in [6.45, 7) is 1.61. The largest absolute Gasteiger partial charge is 0.382 e. The van der Waals surface area contributed by atoms with Crippen LogP contribution >= 0.6 is 35.0 Å². The number of piperidine rings is 1. The summed E-state index contributed by atoms with van der Waals surface area (Å²) < 4.78 is 0. The molecule has 2 atom stereocenters. The number of hydrogen-bond acceptors (Lipinski definition) is 6. The van der Waals surface area contributed by atoms with E-state index in [0.717, 1.165) is 24.9 Å². The van der Waals surface area contributed by atoms with E-state index in [-0.39, 0.29) is 17.4 Å². The number of nitrogen functional groups attached to an aromatic ring is 1. The second kappa shape index (κ2) is 5.84. The van der Waals surface area contributed by atoms with Crippen molar-refractivity contribution in [3.8, 4) is 0 Å². The number of anilines is 2. The quantitative estimate of drug-likeness (QED) is 0.750. The highest BCUT2D eigenvalue weighted by molar-refractivity contribution is 7.99. The van der Waals surface area contributed by atoms with Crippen LogP contribution in [0.4, 0.5) is 11.8 Å². The predicted octanol–water partition coefficient (Wildman–Crippen LogP) is 2.20. The Morgan fingerprint density at radius 1 is 1.29 bits per heavy atom. The van der Waals surface area contributed by atoms with E-state index in [2.05, 4.69) is 9.97 Å². The van der Waals surface area contributed by atoms with E-state index in [0.29, 0.717) is 37.6 Å². The van der Waals surface area contributed by atoms with Crippen LogP contribution in [0.5, 0.6) is 0 Å². The number of nitrogens with one attached hydrogen (secondary N) is 1. The third-order valence-corrected chi connectivity index (χ3v) is 6.67. The maximum absolute atomic E-state index is 12.5. The van der Waals surface area contributed by atoms with E-state index >= 15 is 0 Å². The lowest BCUT2D eigenvalue weighted by Crippen LogP contribution is -2.31. The van der Waals surface area contributed by atoms with E-state index in [4.69, 9.17) is 34.7 Å². The molecule has 0 bridgehead atoms. The fraction of sp³-hybridized carbons (Fsp3) is 0.333. The molecule has 4 rings (SSSR count). The van der Waals surface area contributed by atoms with Gasteiger partial charge in [0.2, 0.25) is 5.95 Å². The van der Waals surface area contributed by atoms with Gasteiger partial charge < -0.3 is 16.4 Å². The highest BCUT2D eigenvalue weighted by Crippen LogP contribution is 2.44. The number of halogens is 2. The summed E-state index contributed by atoms with van der Waals surface area (Å²) in [7, 11) is 0. The third-order valence-electron chi connectivity index (χ3n) is 4.58. The van der Waals surface area contributed by atoms with Gasteiger partial charge in [-0.05, 0) is 24.0 Å². The Labute approximate surface area is 152 Å². The lowest BCUT2D eigenvalue weighted by Gasteiger charge is -2.20. The molecule has 24 heavy (non-hydrogen) atoms. The van der Waals surface area contributed by atoms with Crippen molar-refractivity contribution in [3.05, 3.63) is 38.6 Å². The maximum Gasteiger partial charge on any atom is 0.268 e. The molecule has 9 heteroatoms. The Bertz CT molecular complexity index is 861. The molecule has 2 aromatic rings. The van der Waals surface area contributed by atoms with Crippen LogP contribution in [0.2, 0.25) is 10.0 Å². The van der Waals surface area contributed by atoms with Gasteiger partial charge in [0, 0.05) is 24.0 Å². The molecule has 1 saturated heterocycles. The first kappa shape index (κ1) is 16.1. The van der Waals surface area contributed by atoms with E-state index < -0.39 is 0 Å². The minimum absolute atomic E-state index is 0.180. The molecule has 2 heterocycles. The SMILES string of the molecule is Nc1nc(N2CC3C(N)C3C2)[nH]c(=O)c1Sc1cccc(Cl)c1Cl. The number of nitrogens with two attached hydrogens (primary N) is 2. The Morgan fingerprint density at radius 2 is 2.00 bits per heavy atom. The average molecular weight is 384 g/mol. The fourth-order valence-electron chi connectivity index (χ4n) is 3.13. The summed E-state index contributed by atoms with van der Waals surface area (Å²) in [5.74, 6) is 1.67. The normalized spacial score (nSPS) is 25.0. The molecule has 0 radical (unpaired) electrons. The van der Waals surface area contributed by atoms with Crippen LogP contribution in [0.15, 0.2) is 32.8 Å². The monoisotopic (exact) mass is 383 g/mol. The van der Waals surface area contributed by atoms with Crippen molar-refractivity contribution >= 4 is 46.7 Å². The first-order chi connectivity index (χ1) is 11.5. The molecule has 2 aliphatic rings. The number of nitrogens with zero attached hydrogens (tertiary/aromatic N) is 2. The van der Waals surface area contributed by atoms with Crippen LogP contribution in [0.1, 0.15) is 0 Å². The van der Waals surface area contributed by atoms with Crippen LogP contribution in [0.3, 0.4) is 0 Å². The molecule has 1 aliphatic heterocycles. The first-order valence-corrected chi connectivity index (χ1v) is 9.05. The Morgan fingerprint density at radius 3 is 2.67 bits per heavy atom. The van der Waals surface area contributed by atoms with E-state index in [1.165, 1.54) is 0 Å². The van der Waals surface area contributed by atoms with E-state index in [1.54, 1.807) is 18.2 Å². The van der Waals surface area contributed by atoms with Crippen molar-refractivity contribution in [2.45, 2.75) is 15.8 Å². The second-order valence-electron chi connectivity index (χ2n) is 6.07. The number of aromatic nitrogens is 2. The van der Waals surface area contributed by atoms with Crippen molar-refractivity contribution in [2.24, 2.45) is 17.6 Å². The summed E-state index contributed by atoms with van der Waals surface area (Å²) in [6, 6.07) is 5.51. The molecule has 1 aromatic heterocycles. The summed E-state index contributed by atoms with van der Waals surface area (Å²) in [6.07, 6.45) is 0. The van der Waals surface area contributed by atoms with Crippen LogP contribution in [0, 0.1) is 11.8 Å². The topological polar surface area (TPSA) is 101 Å². The molecule has 1 saturated carbocycles. The number of fused-ring (bicyclic) bond motifs is 1. The minimum Gasteiger partial charge on any atom is -0.382 e. The molecule has 0 spiro atoms. The van der Waals surface area contributed by atoms with E-state index in [9.17, 15) is 4.79 Å². The fourth-order valence-corrected chi connectivity index (χ4v) is 4.47. The molecule has 5 N–H and O–H groups in total. The van der Waals surface area contributed by atoms with E-state index in [1.807, 2.05) is 4.90 Å². The molecule has 2 fully saturated rings. The predicted molar refractivity (Wildman–Crippen MR) is 97.0 cm³/mol. The maximum atomic E-state index is 12.5. The smallest absolute Gasteiger partial charge is 0.268 e. The summed E-state index contributed by atoms with van der Waals surface area (Å²) >= 11 is 13.3. The zero-order valence-electron chi connectivity index (χ0n) is 12.5. The zero-order valence-corrected chi connectivity index (χ0v) is 14.8. The van der Waals surface area contributed by atoms with Crippen LogP contribution < -0.4 is 21.9 Å². The lowest BCUT2D eigenvalue weighted by atomic mass is 10.4. The van der Waals surface area contributed by atoms with Crippen LogP contribution in [-0.2, 0) is 0 Å². The van der Waals surface area contributed by atoms with Gasteiger partial charge in [-0.15, -0.1) is 0 Å². The molecule has 0 amide bonds. The average Bonchev–Trinajstić information content (AvgIpc) is 2.97. The number of benzene rings is 1. The molecule has 1 aromatic carbocycles. The molecule has 1 aliphatic carbocycles. The summed E-state index contributed by atoms with van der Waals surface area (Å²) in [4.78, 5) is 22.6. The highest BCUT2D eigenvalue weighted by atomic mass is 35.5. The molecular formula is C15H15Cl2N5OS. The van der Waals surface area contributed by atoms with Crippen LogP contribution in [0.25, 0.3) is 0 Å². The van der Waals surface area contributed by atoms with Gasteiger partial charge in [-0.1, -0.05) is 41.0 Å². The number of rotatable bonds is 3. The van der Waals surface area contributed by atoms with Crippen molar-refractivity contribution in [3.63, 3.8) is 0 Å². The minimum atomic E-state index is -0.289. The molecule has 126 valence electrons. The first-order valence-electron chi connectivity index (χ1n) is 7.48. The van der Waals surface area contributed by atoms with Gasteiger partial charge in [0.1, 0.15) is 10.7 Å². The Balaban J connectivity index is 1.61. The lowest BCUT2D eigenvalue weighted by molar-refractivity contribution is 0.722. The Kier molecular flexibility index (Phi) is 3.91. The molecular weight excluding hydrogens is 369 g/mol. The van der Waals surface area contributed by atoms with Gasteiger partial charge in [0.05, 0.1) is 10.0 Å². The number of aromatic amines is 1. The Hall–Kier alpha value is -1.41. The van der Waals surface area contributed by atoms with Gasteiger partial charge in [-0.3, -0.25) is 9.78 Å². The van der Waals surface area contributed by atoms with Crippen molar-refractivity contribution in [2.75, 3.05) is 23.7 Å². The van der Waals surface area contributed by atoms with Gasteiger partial charge in [0.15, 0.2) is 0 Å². The van der Waals surface area contributed by atoms with Gasteiger partial charge >= 0.3 is 0 Å². The van der Waals surface area contributed by atoms with Gasteiger partial charge in [-0.25, -0.2) is 0 Å². The van der Waals surface area contributed by atoms with Crippen molar-refractivity contribution < 1.29 is 0 Å². The van der Waals surface area contributed by atoms with Crippen molar-refractivity contribution in [1.29, 1.82) is 0 Å². The van der Waals surface area contributed by atoms with Crippen LogP contribution in [-0.4, -0.2) is 29.1 Å². The second-order valence-corrected chi connectivity index (χ2v) is 7.91. The summed E-state index contributed by atoms with van der Waals surface area (Å²) in [5.41, 5.74) is 11.7. The molecule has 2 unspecified atom stereocenters.